The SMILES string of the molecule is CC(C)NCCNc1cc(Br)ccc1C(F)(F)F. The van der Waals surface area contributed by atoms with Crippen LogP contribution in [-0.4, -0.2) is 19.1 Å². The Morgan fingerprint density at radius 2 is 1.89 bits per heavy atom. The Balaban J connectivity index is 2.71. The van der Waals surface area contributed by atoms with Crippen LogP contribution in [0.4, 0.5) is 18.9 Å². The van der Waals surface area contributed by atoms with Gasteiger partial charge in [0.05, 0.1) is 5.56 Å². The number of hydrogen-bond acceptors (Lipinski definition) is 2. The summed E-state index contributed by atoms with van der Waals surface area (Å²) in [5.74, 6) is 0. The van der Waals surface area contributed by atoms with E-state index in [4.69, 9.17) is 0 Å². The maximum Gasteiger partial charge on any atom is 0.418 e. The summed E-state index contributed by atoms with van der Waals surface area (Å²) in [5.41, 5.74) is -0.544. The second-order valence-corrected chi connectivity index (χ2v) is 5.14. The van der Waals surface area contributed by atoms with Crippen molar-refractivity contribution in [3.8, 4) is 0 Å². The average molecular weight is 325 g/mol. The Morgan fingerprint density at radius 1 is 1.22 bits per heavy atom. The maximum absolute atomic E-state index is 12.7. The van der Waals surface area contributed by atoms with Gasteiger partial charge in [0.1, 0.15) is 0 Å². The highest BCUT2D eigenvalue weighted by molar-refractivity contribution is 9.10. The lowest BCUT2D eigenvalue weighted by molar-refractivity contribution is -0.136. The summed E-state index contributed by atoms with van der Waals surface area (Å²) < 4.78 is 38.9. The average Bonchev–Trinajstić information content (AvgIpc) is 2.22. The third kappa shape index (κ3) is 4.86. The van der Waals surface area contributed by atoms with E-state index in [9.17, 15) is 13.2 Å². The molecule has 102 valence electrons. The van der Waals surface area contributed by atoms with E-state index in [1.54, 1.807) is 0 Å². The van der Waals surface area contributed by atoms with Crippen molar-refractivity contribution >= 4 is 21.6 Å². The Hall–Kier alpha value is -0.750. The molecular formula is C12H16BrF3N2. The zero-order chi connectivity index (χ0) is 13.8. The van der Waals surface area contributed by atoms with Crippen molar-refractivity contribution in [1.29, 1.82) is 0 Å². The molecule has 0 fully saturated rings. The largest absolute Gasteiger partial charge is 0.418 e. The summed E-state index contributed by atoms with van der Waals surface area (Å²) in [4.78, 5) is 0. The van der Waals surface area contributed by atoms with Gasteiger partial charge in [0.2, 0.25) is 0 Å². The molecule has 0 aliphatic rings. The smallest absolute Gasteiger partial charge is 0.383 e. The molecule has 2 N–H and O–H groups in total. The van der Waals surface area contributed by atoms with Gasteiger partial charge in [0.15, 0.2) is 0 Å². The minimum absolute atomic E-state index is 0.0995. The van der Waals surface area contributed by atoms with Crippen LogP contribution in [0.25, 0.3) is 0 Å². The molecule has 0 saturated heterocycles. The zero-order valence-electron chi connectivity index (χ0n) is 10.2. The first-order valence-electron chi connectivity index (χ1n) is 5.64. The van der Waals surface area contributed by atoms with Gasteiger partial charge in [-0.25, -0.2) is 0 Å². The van der Waals surface area contributed by atoms with Crippen molar-refractivity contribution < 1.29 is 13.2 Å². The van der Waals surface area contributed by atoms with Crippen LogP contribution in [0.2, 0.25) is 0 Å². The fraction of sp³-hybridized carbons (Fsp3) is 0.500. The lowest BCUT2D eigenvalue weighted by atomic mass is 10.1. The van der Waals surface area contributed by atoms with E-state index < -0.39 is 11.7 Å². The molecule has 1 rings (SSSR count). The predicted molar refractivity (Wildman–Crippen MR) is 70.8 cm³/mol. The molecular weight excluding hydrogens is 309 g/mol. The quantitative estimate of drug-likeness (QED) is 0.803. The molecule has 0 radical (unpaired) electrons. The minimum Gasteiger partial charge on any atom is -0.383 e. The Kier molecular flexibility index (Phi) is 5.47. The lowest BCUT2D eigenvalue weighted by Crippen LogP contribution is -2.28. The molecule has 18 heavy (non-hydrogen) atoms. The number of hydrogen-bond donors (Lipinski definition) is 2. The summed E-state index contributed by atoms with van der Waals surface area (Å²) in [6.45, 7) is 5.03. The second kappa shape index (κ2) is 6.43. The van der Waals surface area contributed by atoms with Crippen LogP contribution in [0.3, 0.4) is 0 Å². The molecule has 1 aromatic rings. The number of nitrogens with one attached hydrogen (secondary N) is 2. The van der Waals surface area contributed by atoms with Crippen LogP contribution in [-0.2, 0) is 6.18 Å². The standard InChI is InChI=1S/C12H16BrF3N2/c1-8(2)17-5-6-18-11-7-9(13)3-4-10(11)12(14,15)16/h3-4,7-8,17-18H,5-6H2,1-2H3. The highest BCUT2D eigenvalue weighted by Gasteiger charge is 2.33. The molecule has 2 nitrogen and oxygen atoms in total. The number of alkyl halides is 3. The topological polar surface area (TPSA) is 24.1 Å². The zero-order valence-corrected chi connectivity index (χ0v) is 11.8. The molecule has 0 atom stereocenters. The predicted octanol–water partition coefficient (Wildman–Crippen LogP) is 3.88. The fourth-order valence-corrected chi connectivity index (χ4v) is 1.83. The molecule has 0 spiro atoms. The van der Waals surface area contributed by atoms with Crippen molar-refractivity contribution in [2.24, 2.45) is 0 Å². The first kappa shape index (κ1) is 15.3. The lowest BCUT2D eigenvalue weighted by Gasteiger charge is -2.15. The molecule has 6 heteroatoms. The van der Waals surface area contributed by atoms with E-state index in [0.717, 1.165) is 6.07 Å². The maximum atomic E-state index is 12.7. The van der Waals surface area contributed by atoms with Crippen LogP contribution >= 0.6 is 15.9 Å². The number of rotatable bonds is 5. The molecule has 0 saturated carbocycles. The summed E-state index contributed by atoms with van der Waals surface area (Å²) in [5, 5.41) is 5.94. The van der Waals surface area contributed by atoms with Crippen molar-refractivity contribution in [2.75, 3.05) is 18.4 Å². The fourth-order valence-electron chi connectivity index (χ4n) is 1.47. The van der Waals surface area contributed by atoms with E-state index in [0.29, 0.717) is 23.6 Å². The van der Waals surface area contributed by atoms with Crippen LogP contribution < -0.4 is 10.6 Å². The third-order valence-electron chi connectivity index (χ3n) is 2.28. The van der Waals surface area contributed by atoms with Gasteiger partial charge < -0.3 is 10.6 Å². The van der Waals surface area contributed by atoms with E-state index >= 15 is 0 Å². The van der Waals surface area contributed by atoms with Crippen molar-refractivity contribution in [1.82, 2.24) is 5.32 Å². The van der Waals surface area contributed by atoms with Gasteiger partial charge in [-0.3, -0.25) is 0 Å². The van der Waals surface area contributed by atoms with Gasteiger partial charge >= 0.3 is 6.18 Å². The van der Waals surface area contributed by atoms with E-state index in [-0.39, 0.29) is 5.69 Å². The second-order valence-electron chi connectivity index (χ2n) is 4.22. The van der Waals surface area contributed by atoms with Crippen LogP contribution in [0.1, 0.15) is 19.4 Å². The minimum atomic E-state index is -4.34. The summed E-state index contributed by atoms with van der Waals surface area (Å²) in [6.07, 6.45) is -4.34. The van der Waals surface area contributed by atoms with Crippen LogP contribution in [0.5, 0.6) is 0 Å². The first-order valence-corrected chi connectivity index (χ1v) is 6.44. The third-order valence-corrected chi connectivity index (χ3v) is 2.77. The first-order chi connectivity index (χ1) is 8.30. The summed E-state index contributed by atoms with van der Waals surface area (Å²) in [7, 11) is 0. The van der Waals surface area contributed by atoms with Gasteiger partial charge in [-0.2, -0.15) is 13.2 Å². The molecule has 0 aliphatic heterocycles. The Bertz CT molecular complexity index is 391. The van der Waals surface area contributed by atoms with E-state index in [2.05, 4.69) is 26.6 Å². The van der Waals surface area contributed by atoms with E-state index in [1.807, 2.05) is 13.8 Å². The van der Waals surface area contributed by atoms with Crippen LogP contribution in [0.15, 0.2) is 22.7 Å². The number of anilines is 1. The normalized spacial score (nSPS) is 11.9. The Morgan fingerprint density at radius 3 is 2.44 bits per heavy atom. The molecule has 0 amide bonds. The summed E-state index contributed by atoms with van der Waals surface area (Å²) in [6, 6.07) is 4.22. The van der Waals surface area contributed by atoms with Gasteiger partial charge in [-0.15, -0.1) is 0 Å². The molecule has 1 aromatic carbocycles. The highest BCUT2D eigenvalue weighted by Crippen LogP contribution is 2.36. The molecule has 0 bridgehead atoms. The number of benzene rings is 1. The van der Waals surface area contributed by atoms with Crippen molar-refractivity contribution in [3.63, 3.8) is 0 Å². The monoisotopic (exact) mass is 324 g/mol. The number of halogens is 4. The molecule has 0 aromatic heterocycles. The molecule has 0 aliphatic carbocycles. The van der Waals surface area contributed by atoms with Crippen molar-refractivity contribution in [3.05, 3.63) is 28.2 Å². The van der Waals surface area contributed by atoms with Crippen molar-refractivity contribution in [2.45, 2.75) is 26.1 Å². The highest BCUT2D eigenvalue weighted by atomic mass is 79.9. The van der Waals surface area contributed by atoms with Gasteiger partial charge in [-0.05, 0) is 18.2 Å². The molecule has 0 heterocycles. The molecule has 0 unspecified atom stereocenters. The van der Waals surface area contributed by atoms with Gasteiger partial charge in [-0.1, -0.05) is 29.8 Å². The van der Waals surface area contributed by atoms with Crippen LogP contribution in [0, 0.1) is 0 Å². The summed E-state index contributed by atoms with van der Waals surface area (Å²) >= 11 is 3.17. The Labute approximate surface area is 113 Å². The van der Waals surface area contributed by atoms with Gasteiger partial charge in [0.25, 0.3) is 0 Å². The van der Waals surface area contributed by atoms with E-state index in [1.165, 1.54) is 12.1 Å². The van der Waals surface area contributed by atoms with Gasteiger partial charge in [0, 0.05) is 29.3 Å².